The summed E-state index contributed by atoms with van der Waals surface area (Å²) in [6, 6.07) is 5.01. The summed E-state index contributed by atoms with van der Waals surface area (Å²) in [6.45, 7) is 2.51. The van der Waals surface area contributed by atoms with Crippen molar-refractivity contribution in [3.05, 3.63) is 23.8 Å². The normalized spacial score (nSPS) is 9.90. The summed E-state index contributed by atoms with van der Waals surface area (Å²) < 4.78 is 9.85. The van der Waals surface area contributed by atoms with Gasteiger partial charge >= 0.3 is 5.97 Å². The van der Waals surface area contributed by atoms with Crippen LogP contribution < -0.4 is 15.8 Å². The van der Waals surface area contributed by atoms with Gasteiger partial charge in [0, 0.05) is 13.0 Å². The Kier molecular flexibility index (Phi) is 6.36. The second-order valence-electron chi connectivity index (χ2n) is 4.09. The van der Waals surface area contributed by atoms with Gasteiger partial charge in [-0.1, -0.05) is 6.07 Å². The van der Waals surface area contributed by atoms with Crippen LogP contribution in [0.5, 0.6) is 5.75 Å². The van der Waals surface area contributed by atoms with E-state index in [4.69, 9.17) is 15.2 Å². The highest BCUT2D eigenvalue weighted by Gasteiger charge is 2.12. The third-order valence-corrected chi connectivity index (χ3v) is 2.68. The number of carbonyl (C=O) groups excluding carboxylic acids is 2. The predicted octanol–water partition coefficient (Wildman–Crippen LogP) is 1.35. The van der Waals surface area contributed by atoms with Crippen LogP contribution in [0.3, 0.4) is 0 Å². The number of hydrogen-bond donors (Lipinski definition) is 2. The van der Waals surface area contributed by atoms with Crippen molar-refractivity contribution in [2.45, 2.75) is 19.8 Å². The fraction of sp³-hybridized carbons (Fsp3) is 0.429. The average molecular weight is 280 g/mol. The lowest BCUT2D eigenvalue weighted by Crippen LogP contribution is -2.26. The van der Waals surface area contributed by atoms with Crippen molar-refractivity contribution in [2.24, 2.45) is 0 Å². The molecule has 0 saturated carbocycles. The van der Waals surface area contributed by atoms with Crippen LogP contribution in [0.4, 0.5) is 5.69 Å². The average Bonchev–Trinajstić information content (AvgIpc) is 2.44. The fourth-order valence-electron chi connectivity index (χ4n) is 1.68. The van der Waals surface area contributed by atoms with Gasteiger partial charge < -0.3 is 20.5 Å². The number of methoxy groups -OCH3 is 1. The van der Waals surface area contributed by atoms with E-state index in [0.29, 0.717) is 36.6 Å². The van der Waals surface area contributed by atoms with Gasteiger partial charge in [-0.15, -0.1) is 0 Å². The van der Waals surface area contributed by atoms with Crippen LogP contribution in [-0.2, 0) is 9.53 Å². The molecule has 6 heteroatoms. The van der Waals surface area contributed by atoms with Crippen molar-refractivity contribution in [3.8, 4) is 5.75 Å². The van der Waals surface area contributed by atoms with Crippen LogP contribution in [0.15, 0.2) is 18.2 Å². The number of nitrogens with two attached hydrogens (primary N) is 1. The van der Waals surface area contributed by atoms with Crippen molar-refractivity contribution in [1.82, 2.24) is 5.32 Å². The van der Waals surface area contributed by atoms with Crippen molar-refractivity contribution < 1.29 is 19.1 Å². The Labute approximate surface area is 118 Å². The third-order valence-electron chi connectivity index (χ3n) is 2.68. The van der Waals surface area contributed by atoms with E-state index >= 15 is 0 Å². The van der Waals surface area contributed by atoms with E-state index in [1.807, 2.05) is 0 Å². The minimum atomic E-state index is -0.287. The summed E-state index contributed by atoms with van der Waals surface area (Å²) in [4.78, 5) is 23.1. The number of nitrogens with one attached hydrogen (secondary N) is 1. The molecule has 0 atom stereocenters. The van der Waals surface area contributed by atoms with Crippen molar-refractivity contribution >= 4 is 17.6 Å². The minimum Gasteiger partial charge on any atom is -0.495 e. The molecule has 1 aromatic rings. The molecule has 0 unspecified atom stereocenters. The Balaban J connectivity index is 2.46. The lowest BCUT2D eigenvalue weighted by molar-refractivity contribution is -0.143. The van der Waals surface area contributed by atoms with Gasteiger partial charge in [0.25, 0.3) is 5.91 Å². The maximum atomic E-state index is 11.9. The summed E-state index contributed by atoms with van der Waals surface area (Å²) in [7, 11) is 1.49. The van der Waals surface area contributed by atoms with E-state index in [1.165, 1.54) is 7.11 Å². The number of carbonyl (C=O) groups is 2. The Morgan fingerprint density at radius 1 is 1.35 bits per heavy atom. The number of anilines is 1. The lowest BCUT2D eigenvalue weighted by atomic mass is 10.1. The topological polar surface area (TPSA) is 90.6 Å². The van der Waals surface area contributed by atoms with Gasteiger partial charge in [0.2, 0.25) is 0 Å². The van der Waals surface area contributed by atoms with Crippen molar-refractivity contribution in [3.63, 3.8) is 0 Å². The largest absolute Gasteiger partial charge is 0.495 e. The van der Waals surface area contributed by atoms with E-state index in [-0.39, 0.29) is 18.3 Å². The van der Waals surface area contributed by atoms with E-state index in [9.17, 15) is 9.59 Å². The molecule has 0 heterocycles. The maximum Gasteiger partial charge on any atom is 0.305 e. The summed E-state index contributed by atoms with van der Waals surface area (Å²) in [5.41, 5.74) is 6.49. The van der Waals surface area contributed by atoms with E-state index in [1.54, 1.807) is 25.1 Å². The smallest absolute Gasteiger partial charge is 0.305 e. The van der Waals surface area contributed by atoms with Crippen LogP contribution in [0.2, 0.25) is 0 Å². The van der Waals surface area contributed by atoms with Gasteiger partial charge in [0.15, 0.2) is 0 Å². The van der Waals surface area contributed by atoms with Crippen molar-refractivity contribution in [1.29, 1.82) is 0 Å². The van der Waals surface area contributed by atoms with Gasteiger partial charge in [0.05, 0.1) is 25.0 Å². The van der Waals surface area contributed by atoms with E-state index < -0.39 is 0 Å². The molecule has 0 saturated heterocycles. The highest BCUT2D eigenvalue weighted by atomic mass is 16.5. The van der Waals surface area contributed by atoms with Crippen LogP contribution in [0.25, 0.3) is 0 Å². The summed E-state index contributed by atoms with van der Waals surface area (Å²) in [6.07, 6.45) is 0.802. The number of hydrogen-bond acceptors (Lipinski definition) is 5. The first kappa shape index (κ1) is 15.8. The zero-order valence-corrected chi connectivity index (χ0v) is 11.8. The highest BCUT2D eigenvalue weighted by Crippen LogP contribution is 2.24. The Morgan fingerprint density at radius 2 is 2.10 bits per heavy atom. The molecule has 1 rings (SSSR count). The van der Waals surface area contributed by atoms with Gasteiger partial charge in [0.1, 0.15) is 5.75 Å². The number of esters is 1. The molecular weight excluding hydrogens is 260 g/mol. The van der Waals surface area contributed by atoms with Gasteiger partial charge in [-0.25, -0.2) is 0 Å². The zero-order valence-electron chi connectivity index (χ0n) is 11.8. The highest BCUT2D eigenvalue weighted by molar-refractivity contribution is 6.00. The Bertz CT molecular complexity index is 474. The second kappa shape index (κ2) is 8.04. The van der Waals surface area contributed by atoms with Crippen LogP contribution >= 0.6 is 0 Å². The molecule has 110 valence electrons. The summed E-state index contributed by atoms with van der Waals surface area (Å²) in [5, 5.41) is 2.71. The Morgan fingerprint density at radius 3 is 2.75 bits per heavy atom. The first-order chi connectivity index (χ1) is 9.60. The molecular formula is C14H20N2O4. The molecule has 20 heavy (non-hydrogen) atoms. The number of ether oxygens (including phenoxy) is 2. The first-order valence-electron chi connectivity index (χ1n) is 6.46. The summed E-state index contributed by atoms with van der Waals surface area (Å²) in [5.74, 6) is -0.0860. The predicted molar refractivity (Wildman–Crippen MR) is 75.6 cm³/mol. The van der Waals surface area contributed by atoms with Crippen molar-refractivity contribution in [2.75, 3.05) is 26.0 Å². The van der Waals surface area contributed by atoms with Crippen LogP contribution in [0.1, 0.15) is 30.1 Å². The van der Waals surface area contributed by atoms with Gasteiger partial charge in [-0.2, -0.15) is 0 Å². The molecule has 0 bridgehead atoms. The monoisotopic (exact) mass is 280 g/mol. The summed E-state index contributed by atoms with van der Waals surface area (Å²) >= 11 is 0. The van der Waals surface area contributed by atoms with Crippen LogP contribution in [0, 0.1) is 0 Å². The minimum absolute atomic E-state index is 0.261. The molecule has 0 aliphatic carbocycles. The lowest BCUT2D eigenvalue weighted by Gasteiger charge is -2.10. The van der Waals surface area contributed by atoms with Gasteiger partial charge in [-0.3, -0.25) is 9.59 Å². The van der Waals surface area contributed by atoms with Crippen LogP contribution in [-0.4, -0.2) is 32.1 Å². The van der Waals surface area contributed by atoms with E-state index in [2.05, 4.69) is 5.32 Å². The standard InChI is InChI=1S/C14H20N2O4/c1-3-20-12(17)8-5-9-16-14(18)10-6-4-7-11(19-2)13(10)15/h4,6-7H,3,5,8-9,15H2,1-2H3,(H,16,18). The Hall–Kier alpha value is -2.24. The third kappa shape index (κ3) is 4.46. The quantitative estimate of drug-likeness (QED) is 0.447. The van der Waals surface area contributed by atoms with Gasteiger partial charge in [-0.05, 0) is 25.5 Å². The molecule has 0 radical (unpaired) electrons. The van der Waals surface area contributed by atoms with E-state index in [0.717, 1.165) is 0 Å². The molecule has 0 fully saturated rings. The molecule has 0 aliphatic rings. The molecule has 1 amide bonds. The molecule has 0 aliphatic heterocycles. The molecule has 3 N–H and O–H groups in total. The number of rotatable bonds is 7. The number of amides is 1. The molecule has 0 aromatic heterocycles. The molecule has 1 aromatic carbocycles. The zero-order chi connectivity index (χ0) is 15.0. The molecule has 6 nitrogen and oxygen atoms in total. The second-order valence-corrected chi connectivity index (χ2v) is 4.09. The first-order valence-corrected chi connectivity index (χ1v) is 6.46. The maximum absolute atomic E-state index is 11.9. The molecule has 0 spiro atoms. The number of para-hydroxylation sites is 1. The SMILES string of the molecule is CCOC(=O)CCCNC(=O)c1cccc(OC)c1N. The number of benzene rings is 1. The fourth-order valence-corrected chi connectivity index (χ4v) is 1.68. The number of nitrogen functional groups attached to an aromatic ring is 1.